The van der Waals surface area contributed by atoms with E-state index >= 15 is 0 Å². The second-order valence-electron chi connectivity index (χ2n) is 9.13. The van der Waals surface area contributed by atoms with Crippen LogP contribution < -0.4 is 27.0 Å². The maximum atomic E-state index is 13.5. The topological polar surface area (TPSA) is 129 Å². The summed E-state index contributed by atoms with van der Waals surface area (Å²) < 4.78 is 8.04. The van der Waals surface area contributed by atoms with Crippen molar-refractivity contribution in [2.24, 2.45) is 7.05 Å². The number of nitrogen functional groups attached to an aromatic ring is 1. The first-order chi connectivity index (χ1) is 16.8. The molecule has 0 aliphatic carbocycles. The number of carbonyl (C=O) groups excluding carboxylic acids is 1. The van der Waals surface area contributed by atoms with Crippen LogP contribution >= 0.6 is 23.2 Å². The number of anilines is 2. The molecule has 1 aliphatic rings. The summed E-state index contributed by atoms with van der Waals surface area (Å²) in [6, 6.07) is 4.65. The van der Waals surface area contributed by atoms with Crippen LogP contribution in [0.1, 0.15) is 35.6 Å². The number of amides is 1. The van der Waals surface area contributed by atoms with Gasteiger partial charge in [0.1, 0.15) is 23.0 Å². The van der Waals surface area contributed by atoms with Crippen molar-refractivity contribution in [1.82, 2.24) is 9.13 Å². The number of ether oxygens (including phenoxy) is 1. The minimum atomic E-state index is -1.35. The monoisotopic (exact) mass is 532 g/mol. The van der Waals surface area contributed by atoms with E-state index in [1.165, 1.54) is 13.1 Å². The van der Waals surface area contributed by atoms with E-state index in [1.807, 2.05) is 6.92 Å². The van der Waals surface area contributed by atoms with Crippen molar-refractivity contribution in [2.75, 3.05) is 11.1 Å². The van der Waals surface area contributed by atoms with Gasteiger partial charge < -0.3 is 20.9 Å². The molecule has 1 amide bonds. The molecule has 1 unspecified atom stereocenters. The summed E-state index contributed by atoms with van der Waals surface area (Å²) in [7, 11) is 1.27. The van der Waals surface area contributed by atoms with Gasteiger partial charge in [0.25, 0.3) is 11.5 Å². The number of fused-ring (bicyclic) bond motifs is 1. The van der Waals surface area contributed by atoms with Gasteiger partial charge in [-0.3, -0.25) is 14.2 Å². The van der Waals surface area contributed by atoms with Crippen LogP contribution in [0.2, 0.25) is 10.0 Å². The molecule has 0 fully saturated rings. The highest BCUT2D eigenvalue weighted by Gasteiger charge is 2.41. The number of carbonyl (C=O) groups is 1. The van der Waals surface area contributed by atoms with Crippen LogP contribution in [0.25, 0.3) is 5.69 Å². The zero-order valence-corrected chi connectivity index (χ0v) is 22.0. The van der Waals surface area contributed by atoms with Crippen molar-refractivity contribution in [3.63, 3.8) is 0 Å². The molecule has 1 aliphatic heterocycles. The smallest absolute Gasteiger partial charge is 0.337 e. The van der Waals surface area contributed by atoms with Gasteiger partial charge in [0.2, 0.25) is 0 Å². The molecule has 36 heavy (non-hydrogen) atoms. The van der Waals surface area contributed by atoms with E-state index in [1.54, 1.807) is 32.9 Å². The van der Waals surface area contributed by atoms with Crippen LogP contribution in [0.3, 0.4) is 0 Å². The third-order valence-corrected chi connectivity index (χ3v) is 7.71. The normalized spacial score (nSPS) is 16.9. The average Bonchev–Trinajstić information content (AvgIpc) is 2.85. The first kappa shape index (κ1) is 25.7. The Morgan fingerprint density at radius 2 is 1.83 bits per heavy atom. The number of aromatic nitrogens is 2. The Bertz CT molecular complexity index is 1560. The van der Waals surface area contributed by atoms with E-state index in [0.29, 0.717) is 23.3 Å². The Morgan fingerprint density at radius 3 is 2.50 bits per heavy atom. The third-order valence-electron chi connectivity index (χ3n) is 6.90. The predicted molar refractivity (Wildman–Crippen MR) is 140 cm³/mol. The molecule has 2 aromatic carbocycles. The van der Waals surface area contributed by atoms with Crippen LogP contribution in [0.5, 0.6) is 11.5 Å². The van der Waals surface area contributed by atoms with Gasteiger partial charge in [-0.2, -0.15) is 0 Å². The molecule has 2 heterocycles. The Kier molecular flexibility index (Phi) is 6.34. The summed E-state index contributed by atoms with van der Waals surface area (Å²) >= 11 is 12.4. The van der Waals surface area contributed by atoms with Gasteiger partial charge in [-0.05, 0) is 62.9 Å². The lowest BCUT2D eigenvalue weighted by Crippen LogP contribution is -2.50. The molecule has 0 spiro atoms. The highest BCUT2D eigenvalue weighted by molar-refractivity contribution is 6.43. The number of hydrogen-bond acceptors (Lipinski definition) is 6. The summed E-state index contributed by atoms with van der Waals surface area (Å²) in [5.41, 5.74) is 6.17. The van der Waals surface area contributed by atoms with Gasteiger partial charge in [-0.15, -0.1) is 0 Å². The van der Waals surface area contributed by atoms with E-state index in [2.05, 4.69) is 5.32 Å². The number of nitrogens with zero attached hydrogens (tertiary/aromatic N) is 2. The van der Waals surface area contributed by atoms with Crippen molar-refractivity contribution in [2.45, 2.75) is 46.1 Å². The van der Waals surface area contributed by atoms with Crippen LogP contribution in [0.15, 0.2) is 27.8 Å². The van der Waals surface area contributed by atoms with E-state index in [4.69, 9.17) is 33.7 Å². The van der Waals surface area contributed by atoms with Gasteiger partial charge in [-0.25, -0.2) is 9.36 Å². The minimum Gasteiger partial charge on any atom is -0.507 e. The molecular formula is C25H26Cl2N4O5. The van der Waals surface area contributed by atoms with Crippen LogP contribution in [0, 0.1) is 20.8 Å². The molecule has 0 bridgehead atoms. The molecule has 0 saturated carbocycles. The molecule has 190 valence electrons. The molecule has 3 aromatic rings. The van der Waals surface area contributed by atoms with Gasteiger partial charge >= 0.3 is 5.69 Å². The summed E-state index contributed by atoms with van der Waals surface area (Å²) in [5.74, 6) is -0.167. The number of halogens is 2. The van der Waals surface area contributed by atoms with E-state index in [-0.39, 0.29) is 39.4 Å². The molecule has 9 nitrogen and oxygen atoms in total. The quantitative estimate of drug-likeness (QED) is 0.470. The molecule has 4 N–H and O–H groups in total. The maximum Gasteiger partial charge on any atom is 0.337 e. The molecular weight excluding hydrogens is 507 g/mol. The zero-order valence-electron chi connectivity index (χ0n) is 20.5. The molecule has 1 aromatic heterocycles. The lowest BCUT2D eigenvalue weighted by Gasteiger charge is -2.36. The number of nitrogens with one attached hydrogen (secondary N) is 1. The molecule has 0 saturated heterocycles. The van der Waals surface area contributed by atoms with E-state index in [9.17, 15) is 19.5 Å². The molecule has 11 heteroatoms. The van der Waals surface area contributed by atoms with Gasteiger partial charge in [-0.1, -0.05) is 29.3 Å². The van der Waals surface area contributed by atoms with Crippen molar-refractivity contribution < 1.29 is 14.6 Å². The number of benzene rings is 2. The standard InChI is InChI=1S/C25H26Cl2N4O5/c1-11-12(2)20-14(13(3)19(11)32)9-10-25(4,36-20)23(34)29-18-21(28)31(24(35)30(5)22(18)33)16-8-6-7-15(26)17(16)27/h6-8,32H,9-10,28H2,1-5H3,(H,29,34). The van der Waals surface area contributed by atoms with Gasteiger partial charge in [0.05, 0.1) is 15.7 Å². The molecule has 1 atom stereocenters. The Hall–Kier alpha value is -3.43. The fourth-order valence-corrected chi connectivity index (χ4v) is 4.78. The lowest BCUT2D eigenvalue weighted by molar-refractivity contribution is -0.131. The van der Waals surface area contributed by atoms with E-state index < -0.39 is 22.8 Å². The lowest BCUT2D eigenvalue weighted by atomic mass is 9.86. The Morgan fingerprint density at radius 1 is 1.17 bits per heavy atom. The number of aromatic hydroxyl groups is 1. The summed E-state index contributed by atoms with van der Waals surface area (Å²) in [5, 5.41) is 13.2. The molecule has 4 rings (SSSR count). The first-order valence-corrected chi connectivity index (χ1v) is 11.9. The van der Waals surface area contributed by atoms with Crippen LogP contribution in [-0.2, 0) is 18.3 Å². The van der Waals surface area contributed by atoms with Crippen LogP contribution in [-0.4, -0.2) is 25.7 Å². The number of phenols is 1. The summed E-state index contributed by atoms with van der Waals surface area (Å²) in [6.45, 7) is 7.02. The second kappa shape index (κ2) is 8.90. The fourth-order valence-electron chi connectivity index (χ4n) is 4.40. The van der Waals surface area contributed by atoms with Gasteiger partial charge in [0.15, 0.2) is 5.60 Å². The largest absolute Gasteiger partial charge is 0.507 e. The van der Waals surface area contributed by atoms with Crippen LogP contribution in [0.4, 0.5) is 11.5 Å². The maximum absolute atomic E-state index is 13.5. The minimum absolute atomic E-state index is 0.0625. The number of nitrogens with two attached hydrogens (primary N) is 1. The predicted octanol–water partition coefficient (Wildman–Crippen LogP) is 3.78. The second-order valence-corrected chi connectivity index (χ2v) is 9.92. The number of phenolic OH excluding ortho intramolecular Hbond substituents is 1. The van der Waals surface area contributed by atoms with Crippen molar-refractivity contribution in [3.8, 4) is 17.2 Å². The van der Waals surface area contributed by atoms with E-state index in [0.717, 1.165) is 20.3 Å². The number of hydrogen-bond donors (Lipinski definition) is 3. The van der Waals surface area contributed by atoms with Gasteiger partial charge in [0, 0.05) is 19.0 Å². The summed E-state index contributed by atoms with van der Waals surface area (Å²) in [4.78, 5) is 39.4. The van der Waals surface area contributed by atoms with Crippen molar-refractivity contribution in [3.05, 3.63) is 71.3 Å². The summed E-state index contributed by atoms with van der Waals surface area (Å²) in [6.07, 6.45) is 0.763. The Labute approximate surface area is 217 Å². The molecule has 0 radical (unpaired) electrons. The van der Waals surface area contributed by atoms with Crippen molar-refractivity contribution in [1.29, 1.82) is 0 Å². The highest BCUT2D eigenvalue weighted by atomic mass is 35.5. The first-order valence-electron chi connectivity index (χ1n) is 11.2. The number of rotatable bonds is 3. The van der Waals surface area contributed by atoms with Crippen molar-refractivity contribution >= 4 is 40.6 Å². The third kappa shape index (κ3) is 3.83. The Balaban J connectivity index is 1.78. The zero-order chi connectivity index (χ0) is 26.7. The average molecular weight is 533 g/mol. The highest BCUT2D eigenvalue weighted by Crippen LogP contribution is 2.43. The fraction of sp³-hybridized carbons (Fsp3) is 0.320. The SMILES string of the molecule is Cc1c(C)c2c(c(C)c1O)CCC(C)(C(=O)Nc1c(N)n(-c3cccc(Cl)c3Cl)c(=O)n(C)c1=O)O2.